The number of anilines is 1. The molecular formula is C24H30N2O4. The van der Waals surface area contributed by atoms with Gasteiger partial charge in [0.15, 0.2) is 11.5 Å². The summed E-state index contributed by atoms with van der Waals surface area (Å²) in [5, 5.41) is 0. The van der Waals surface area contributed by atoms with Crippen LogP contribution in [0.4, 0.5) is 5.69 Å². The van der Waals surface area contributed by atoms with Gasteiger partial charge in [-0.3, -0.25) is 4.79 Å². The molecule has 0 N–H and O–H groups in total. The maximum Gasteiger partial charge on any atom is 0.246 e. The number of carbonyl (C=O) groups excluding carboxylic acids is 1. The summed E-state index contributed by atoms with van der Waals surface area (Å²) in [5.41, 5.74) is 2.05. The van der Waals surface area contributed by atoms with Crippen molar-refractivity contribution in [3.63, 3.8) is 0 Å². The Morgan fingerprint density at radius 1 is 0.967 bits per heavy atom. The molecule has 2 aromatic rings. The number of amides is 1. The van der Waals surface area contributed by atoms with Gasteiger partial charge < -0.3 is 24.0 Å². The van der Waals surface area contributed by atoms with Gasteiger partial charge in [-0.05, 0) is 54.5 Å². The number of carbonyl (C=O) groups is 1. The van der Waals surface area contributed by atoms with Gasteiger partial charge in [-0.15, -0.1) is 0 Å². The van der Waals surface area contributed by atoms with Gasteiger partial charge in [-0.1, -0.05) is 13.0 Å². The molecule has 6 nitrogen and oxygen atoms in total. The second kappa shape index (κ2) is 10.6. The number of hydrogen-bond acceptors (Lipinski definition) is 5. The Morgan fingerprint density at radius 3 is 2.33 bits per heavy atom. The second-order valence-corrected chi connectivity index (χ2v) is 7.10. The number of methoxy groups -OCH3 is 2. The number of piperazine rings is 1. The summed E-state index contributed by atoms with van der Waals surface area (Å²) >= 11 is 0. The van der Waals surface area contributed by atoms with E-state index in [1.165, 1.54) is 0 Å². The molecule has 30 heavy (non-hydrogen) atoms. The molecular weight excluding hydrogens is 380 g/mol. The van der Waals surface area contributed by atoms with Gasteiger partial charge in [0.25, 0.3) is 0 Å². The lowest BCUT2D eigenvalue weighted by Crippen LogP contribution is -2.48. The highest BCUT2D eigenvalue weighted by Gasteiger charge is 2.19. The normalized spacial score (nSPS) is 14.1. The third-order valence-electron chi connectivity index (χ3n) is 5.10. The fourth-order valence-electron chi connectivity index (χ4n) is 3.37. The van der Waals surface area contributed by atoms with Gasteiger partial charge in [-0.2, -0.15) is 0 Å². The predicted molar refractivity (Wildman–Crippen MR) is 120 cm³/mol. The van der Waals surface area contributed by atoms with E-state index in [1.807, 2.05) is 41.3 Å². The van der Waals surface area contributed by atoms with Gasteiger partial charge in [0.05, 0.1) is 20.8 Å². The number of nitrogens with zero attached hydrogens (tertiary/aromatic N) is 2. The number of rotatable bonds is 8. The van der Waals surface area contributed by atoms with Crippen molar-refractivity contribution in [1.29, 1.82) is 0 Å². The van der Waals surface area contributed by atoms with Crippen LogP contribution in [-0.2, 0) is 4.79 Å². The van der Waals surface area contributed by atoms with Gasteiger partial charge in [-0.25, -0.2) is 0 Å². The average Bonchev–Trinajstić information content (AvgIpc) is 2.81. The van der Waals surface area contributed by atoms with E-state index < -0.39 is 0 Å². The molecule has 1 aliphatic rings. The van der Waals surface area contributed by atoms with Crippen LogP contribution >= 0.6 is 0 Å². The van der Waals surface area contributed by atoms with E-state index in [1.54, 1.807) is 20.3 Å². The Kier molecular flexibility index (Phi) is 7.60. The van der Waals surface area contributed by atoms with Crippen molar-refractivity contribution < 1.29 is 19.0 Å². The third kappa shape index (κ3) is 5.47. The smallest absolute Gasteiger partial charge is 0.246 e. The third-order valence-corrected chi connectivity index (χ3v) is 5.10. The highest BCUT2D eigenvalue weighted by molar-refractivity contribution is 5.92. The number of benzene rings is 2. The number of ether oxygens (including phenoxy) is 3. The van der Waals surface area contributed by atoms with Crippen molar-refractivity contribution in [2.24, 2.45) is 0 Å². The Bertz CT molecular complexity index is 856. The topological polar surface area (TPSA) is 51.2 Å². The summed E-state index contributed by atoms with van der Waals surface area (Å²) in [5.74, 6) is 2.26. The van der Waals surface area contributed by atoms with Crippen molar-refractivity contribution in [1.82, 2.24) is 4.90 Å². The van der Waals surface area contributed by atoms with Crippen LogP contribution in [0.1, 0.15) is 18.9 Å². The van der Waals surface area contributed by atoms with Crippen LogP contribution in [0.25, 0.3) is 6.08 Å². The molecule has 0 radical (unpaired) electrons. The van der Waals surface area contributed by atoms with Crippen molar-refractivity contribution in [3.8, 4) is 17.2 Å². The first-order chi connectivity index (χ1) is 14.6. The summed E-state index contributed by atoms with van der Waals surface area (Å²) in [6.07, 6.45) is 4.39. The van der Waals surface area contributed by atoms with Crippen molar-refractivity contribution in [3.05, 3.63) is 54.1 Å². The van der Waals surface area contributed by atoms with Gasteiger partial charge in [0, 0.05) is 37.9 Å². The molecule has 6 heteroatoms. The zero-order valence-corrected chi connectivity index (χ0v) is 18.0. The first kappa shape index (κ1) is 21.6. The molecule has 2 aromatic carbocycles. The van der Waals surface area contributed by atoms with Crippen LogP contribution in [0, 0.1) is 0 Å². The van der Waals surface area contributed by atoms with Gasteiger partial charge >= 0.3 is 0 Å². The SMILES string of the molecule is CCCOc1ccc(/C=C/C(=O)N2CCN(c3ccc(OC)cc3)CC2)cc1OC. The Labute approximate surface area is 178 Å². The molecule has 0 spiro atoms. The van der Waals surface area contributed by atoms with Crippen molar-refractivity contribution >= 4 is 17.7 Å². The van der Waals surface area contributed by atoms with E-state index in [-0.39, 0.29) is 5.91 Å². The highest BCUT2D eigenvalue weighted by Crippen LogP contribution is 2.28. The largest absolute Gasteiger partial charge is 0.497 e. The van der Waals surface area contributed by atoms with E-state index in [4.69, 9.17) is 14.2 Å². The monoisotopic (exact) mass is 410 g/mol. The van der Waals surface area contributed by atoms with Crippen LogP contribution < -0.4 is 19.1 Å². The lowest BCUT2D eigenvalue weighted by atomic mass is 10.1. The second-order valence-electron chi connectivity index (χ2n) is 7.10. The lowest BCUT2D eigenvalue weighted by molar-refractivity contribution is -0.126. The van der Waals surface area contributed by atoms with Crippen LogP contribution in [-0.4, -0.2) is 57.8 Å². The van der Waals surface area contributed by atoms with Crippen molar-refractivity contribution in [2.75, 3.05) is 51.9 Å². The molecule has 1 fully saturated rings. The first-order valence-electron chi connectivity index (χ1n) is 10.3. The molecule has 1 heterocycles. The van der Waals surface area contributed by atoms with E-state index >= 15 is 0 Å². The maximum absolute atomic E-state index is 12.6. The number of hydrogen-bond donors (Lipinski definition) is 0. The summed E-state index contributed by atoms with van der Waals surface area (Å²) in [7, 11) is 3.28. The first-order valence-corrected chi connectivity index (χ1v) is 10.3. The average molecular weight is 411 g/mol. The van der Waals surface area contributed by atoms with E-state index in [2.05, 4.69) is 24.0 Å². The standard InChI is InChI=1S/C24H30N2O4/c1-4-17-30-22-11-5-19(18-23(22)29-3)6-12-24(27)26-15-13-25(14-16-26)20-7-9-21(28-2)10-8-20/h5-12,18H,4,13-17H2,1-3H3/b12-6+. The quantitative estimate of drug-likeness (QED) is 0.619. The lowest BCUT2D eigenvalue weighted by Gasteiger charge is -2.35. The van der Waals surface area contributed by atoms with Crippen molar-refractivity contribution in [2.45, 2.75) is 13.3 Å². The molecule has 1 aliphatic heterocycles. The molecule has 0 bridgehead atoms. The molecule has 0 aliphatic carbocycles. The summed E-state index contributed by atoms with van der Waals surface area (Å²) in [6, 6.07) is 13.7. The Hall–Kier alpha value is -3.15. The Morgan fingerprint density at radius 2 is 1.70 bits per heavy atom. The van der Waals surface area contributed by atoms with E-state index in [0.29, 0.717) is 25.4 Å². The zero-order valence-electron chi connectivity index (χ0n) is 18.0. The molecule has 1 saturated heterocycles. The fraction of sp³-hybridized carbons (Fsp3) is 0.375. The molecule has 0 atom stereocenters. The molecule has 160 valence electrons. The van der Waals surface area contributed by atoms with Crippen LogP contribution in [0.2, 0.25) is 0 Å². The molecule has 1 amide bonds. The maximum atomic E-state index is 12.6. The minimum atomic E-state index is 0.0228. The fourth-order valence-corrected chi connectivity index (χ4v) is 3.37. The zero-order chi connectivity index (χ0) is 21.3. The molecule has 3 rings (SSSR count). The van der Waals surface area contributed by atoms with Crippen LogP contribution in [0.5, 0.6) is 17.2 Å². The highest BCUT2D eigenvalue weighted by atomic mass is 16.5. The van der Waals surface area contributed by atoms with Gasteiger partial charge in [0.2, 0.25) is 5.91 Å². The summed E-state index contributed by atoms with van der Waals surface area (Å²) in [4.78, 5) is 16.8. The van der Waals surface area contributed by atoms with Gasteiger partial charge in [0.1, 0.15) is 5.75 Å². The van der Waals surface area contributed by atoms with Crippen LogP contribution in [0.3, 0.4) is 0 Å². The van der Waals surface area contributed by atoms with E-state index in [0.717, 1.165) is 42.3 Å². The minimum absolute atomic E-state index is 0.0228. The van der Waals surface area contributed by atoms with E-state index in [9.17, 15) is 4.79 Å². The minimum Gasteiger partial charge on any atom is -0.497 e. The predicted octanol–water partition coefficient (Wildman–Crippen LogP) is 3.85. The Balaban J connectivity index is 1.55. The molecule has 0 saturated carbocycles. The molecule has 0 aromatic heterocycles. The summed E-state index contributed by atoms with van der Waals surface area (Å²) < 4.78 is 16.3. The van der Waals surface area contributed by atoms with Crippen LogP contribution in [0.15, 0.2) is 48.5 Å². The molecule has 0 unspecified atom stereocenters. The summed E-state index contributed by atoms with van der Waals surface area (Å²) in [6.45, 7) is 5.72.